The third-order valence-electron chi connectivity index (χ3n) is 5.39. The van der Waals surface area contributed by atoms with E-state index in [9.17, 15) is 19.1 Å². The van der Waals surface area contributed by atoms with Gasteiger partial charge >= 0.3 is 0 Å². The van der Waals surface area contributed by atoms with Crippen molar-refractivity contribution in [1.29, 1.82) is 0 Å². The maximum absolute atomic E-state index is 13.5. The molecule has 1 fully saturated rings. The van der Waals surface area contributed by atoms with Gasteiger partial charge in [0.2, 0.25) is 11.8 Å². The molecule has 3 atom stereocenters. The molecule has 2 amide bonds. The molecule has 0 aromatic heterocycles. The zero-order valence-corrected chi connectivity index (χ0v) is 16.1. The standard InChI is InChI=1S/C22H25FN2O3/c1-15(27)24(12-17-7-6-10-19(23)11-17)13-20-22(18-8-4-3-5-9-18)21(14-26)25(20)16(2)28/h3-11,20-22,26H,12-14H2,1-2H3/t20-,21-,22-/m1/s1. The Kier molecular flexibility index (Phi) is 6.09. The number of hydrogen-bond acceptors (Lipinski definition) is 3. The maximum Gasteiger partial charge on any atom is 0.220 e. The minimum absolute atomic E-state index is 0.0653. The number of aliphatic hydroxyl groups is 1. The predicted molar refractivity (Wildman–Crippen MR) is 104 cm³/mol. The number of nitrogens with zero attached hydrogens (tertiary/aromatic N) is 2. The van der Waals surface area contributed by atoms with Gasteiger partial charge in [-0.25, -0.2) is 4.39 Å². The Bertz CT molecular complexity index is 843. The van der Waals surface area contributed by atoms with Crippen LogP contribution in [0.3, 0.4) is 0 Å². The molecular formula is C22H25FN2O3. The van der Waals surface area contributed by atoms with Gasteiger partial charge in [-0.2, -0.15) is 0 Å². The monoisotopic (exact) mass is 384 g/mol. The summed E-state index contributed by atoms with van der Waals surface area (Å²) in [6, 6.07) is 15.3. The summed E-state index contributed by atoms with van der Waals surface area (Å²) in [5.74, 6) is -0.695. The third kappa shape index (κ3) is 4.07. The van der Waals surface area contributed by atoms with E-state index in [2.05, 4.69) is 0 Å². The van der Waals surface area contributed by atoms with Gasteiger partial charge in [-0.3, -0.25) is 9.59 Å². The summed E-state index contributed by atoms with van der Waals surface area (Å²) < 4.78 is 13.5. The molecule has 1 heterocycles. The molecule has 1 saturated heterocycles. The number of halogens is 1. The summed E-state index contributed by atoms with van der Waals surface area (Å²) >= 11 is 0. The van der Waals surface area contributed by atoms with E-state index in [0.29, 0.717) is 12.1 Å². The van der Waals surface area contributed by atoms with Gasteiger partial charge in [0.25, 0.3) is 0 Å². The molecule has 2 aromatic rings. The molecule has 2 aromatic carbocycles. The van der Waals surface area contributed by atoms with Crippen LogP contribution in [0, 0.1) is 5.82 Å². The van der Waals surface area contributed by atoms with Crippen LogP contribution in [0.15, 0.2) is 54.6 Å². The van der Waals surface area contributed by atoms with Gasteiger partial charge in [-0.15, -0.1) is 0 Å². The Morgan fingerprint density at radius 3 is 2.36 bits per heavy atom. The van der Waals surface area contributed by atoms with E-state index in [1.165, 1.54) is 26.0 Å². The van der Waals surface area contributed by atoms with Crippen LogP contribution in [0.2, 0.25) is 0 Å². The first-order valence-corrected chi connectivity index (χ1v) is 9.37. The zero-order valence-electron chi connectivity index (χ0n) is 16.1. The molecular weight excluding hydrogens is 359 g/mol. The number of carbonyl (C=O) groups excluding carboxylic acids is 2. The summed E-state index contributed by atoms with van der Waals surface area (Å²) in [4.78, 5) is 27.7. The molecule has 0 spiro atoms. The lowest BCUT2D eigenvalue weighted by atomic mass is 9.74. The SMILES string of the molecule is CC(=O)N(Cc1cccc(F)c1)C[C@@H]1[C@@H](c2ccccc2)[C@@H](CO)N1C(C)=O. The van der Waals surface area contributed by atoms with E-state index in [0.717, 1.165) is 5.56 Å². The van der Waals surface area contributed by atoms with Crippen molar-refractivity contribution >= 4 is 11.8 Å². The predicted octanol–water partition coefficient (Wildman–Crippen LogP) is 2.55. The fourth-order valence-electron chi connectivity index (χ4n) is 4.12. The Morgan fingerprint density at radius 2 is 1.79 bits per heavy atom. The fraction of sp³-hybridized carbons (Fsp3) is 0.364. The highest BCUT2D eigenvalue weighted by atomic mass is 19.1. The second kappa shape index (κ2) is 8.52. The first kappa shape index (κ1) is 20.0. The fourth-order valence-corrected chi connectivity index (χ4v) is 4.12. The Hall–Kier alpha value is -2.73. The highest BCUT2D eigenvalue weighted by molar-refractivity contribution is 5.77. The highest BCUT2D eigenvalue weighted by Gasteiger charge is 2.50. The lowest BCUT2D eigenvalue weighted by molar-refractivity contribution is -0.152. The summed E-state index contributed by atoms with van der Waals surface area (Å²) in [6.07, 6.45) is 0. The van der Waals surface area contributed by atoms with Crippen molar-refractivity contribution in [2.75, 3.05) is 13.2 Å². The van der Waals surface area contributed by atoms with Crippen LogP contribution in [0.4, 0.5) is 4.39 Å². The quantitative estimate of drug-likeness (QED) is 0.833. The van der Waals surface area contributed by atoms with Gasteiger partial charge in [0.1, 0.15) is 5.82 Å². The van der Waals surface area contributed by atoms with Crippen molar-refractivity contribution in [3.8, 4) is 0 Å². The van der Waals surface area contributed by atoms with Crippen LogP contribution in [0.1, 0.15) is 30.9 Å². The highest BCUT2D eigenvalue weighted by Crippen LogP contribution is 2.41. The van der Waals surface area contributed by atoms with Crippen LogP contribution < -0.4 is 0 Å². The zero-order chi connectivity index (χ0) is 20.3. The normalized spacial score (nSPS) is 21.1. The number of carbonyl (C=O) groups is 2. The lowest BCUT2D eigenvalue weighted by Gasteiger charge is -2.55. The van der Waals surface area contributed by atoms with E-state index in [1.807, 2.05) is 30.3 Å². The van der Waals surface area contributed by atoms with Crippen molar-refractivity contribution in [1.82, 2.24) is 9.80 Å². The van der Waals surface area contributed by atoms with Crippen LogP contribution in [-0.4, -0.2) is 52.0 Å². The first-order chi connectivity index (χ1) is 13.4. The van der Waals surface area contributed by atoms with Crippen molar-refractivity contribution in [3.05, 3.63) is 71.5 Å². The molecule has 28 heavy (non-hydrogen) atoms. The molecule has 0 saturated carbocycles. The first-order valence-electron chi connectivity index (χ1n) is 9.37. The van der Waals surface area contributed by atoms with Crippen molar-refractivity contribution in [2.45, 2.75) is 38.4 Å². The largest absolute Gasteiger partial charge is 0.394 e. The second-order valence-corrected chi connectivity index (χ2v) is 7.21. The summed E-state index contributed by atoms with van der Waals surface area (Å²) in [6.45, 7) is 3.39. The van der Waals surface area contributed by atoms with E-state index in [1.54, 1.807) is 21.9 Å². The lowest BCUT2D eigenvalue weighted by Crippen LogP contribution is -2.68. The molecule has 0 bridgehead atoms. The minimum atomic E-state index is -0.350. The van der Waals surface area contributed by atoms with Crippen LogP contribution in [-0.2, 0) is 16.1 Å². The number of benzene rings is 2. The van der Waals surface area contributed by atoms with Crippen molar-refractivity contribution < 1.29 is 19.1 Å². The van der Waals surface area contributed by atoms with Crippen molar-refractivity contribution in [2.24, 2.45) is 0 Å². The molecule has 1 N–H and O–H groups in total. The van der Waals surface area contributed by atoms with Gasteiger partial charge < -0.3 is 14.9 Å². The number of rotatable bonds is 6. The van der Waals surface area contributed by atoms with Gasteiger partial charge in [-0.1, -0.05) is 42.5 Å². The molecule has 148 valence electrons. The Labute approximate surface area is 164 Å². The number of hydrogen-bond donors (Lipinski definition) is 1. The van der Waals surface area contributed by atoms with Crippen LogP contribution in [0.5, 0.6) is 0 Å². The molecule has 0 radical (unpaired) electrons. The number of likely N-dealkylation sites (tertiary alicyclic amines) is 1. The average molecular weight is 384 g/mol. The summed E-state index contributed by atoms with van der Waals surface area (Å²) in [5, 5.41) is 9.85. The van der Waals surface area contributed by atoms with E-state index in [4.69, 9.17) is 0 Å². The molecule has 6 heteroatoms. The average Bonchev–Trinajstić information content (AvgIpc) is 2.64. The smallest absolute Gasteiger partial charge is 0.220 e. The molecule has 0 unspecified atom stereocenters. The molecule has 0 aliphatic carbocycles. The molecule has 1 aliphatic heterocycles. The van der Waals surface area contributed by atoms with Gasteiger partial charge in [0.15, 0.2) is 0 Å². The molecule has 3 rings (SSSR count). The second-order valence-electron chi connectivity index (χ2n) is 7.21. The maximum atomic E-state index is 13.5. The Morgan fingerprint density at radius 1 is 1.07 bits per heavy atom. The van der Waals surface area contributed by atoms with Crippen LogP contribution in [0.25, 0.3) is 0 Å². The van der Waals surface area contributed by atoms with Crippen LogP contribution >= 0.6 is 0 Å². The van der Waals surface area contributed by atoms with E-state index < -0.39 is 0 Å². The third-order valence-corrected chi connectivity index (χ3v) is 5.39. The van der Waals surface area contributed by atoms with Crippen molar-refractivity contribution in [3.63, 3.8) is 0 Å². The molecule has 5 nitrogen and oxygen atoms in total. The van der Waals surface area contributed by atoms with Gasteiger partial charge in [0.05, 0.1) is 18.7 Å². The van der Waals surface area contributed by atoms with E-state index >= 15 is 0 Å². The Balaban J connectivity index is 1.86. The van der Waals surface area contributed by atoms with Gasteiger partial charge in [-0.05, 0) is 23.3 Å². The summed E-state index contributed by atoms with van der Waals surface area (Å²) in [5.41, 5.74) is 1.72. The molecule has 1 aliphatic rings. The minimum Gasteiger partial charge on any atom is -0.394 e. The number of amides is 2. The number of aliphatic hydroxyl groups excluding tert-OH is 1. The topological polar surface area (TPSA) is 60.9 Å². The van der Waals surface area contributed by atoms with E-state index in [-0.39, 0.29) is 48.8 Å². The summed E-state index contributed by atoms with van der Waals surface area (Å²) in [7, 11) is 0. The van der Waals surface area contributed by atoms with Gasteiger partial charge in [0, 0.05) is 32.9 Å².